The average Bonchev–Trinajstić information content (AvgIpc) is 3.02. The van der Waals surface area contributed by atoms with Crippen LogP contribution in [0.25, 0.3) is 11.0 Å². The lowest BCUT2D eigenvalue weighted by Crippen LogP contribution is -2.31. The molecule has 0 radical (unpaired) electrons. The number of aryl methyl sites for hydroxylation is 2. The first kappa shape index (κ1) is 22.1. The second-order valence-electron chi connectivity index (χ2n) is 8.58. The molecule has 32 heavy (non-hydrogen) atoms. The van der Waals surface area contributed by atoms with Gasteiger partial charge in [0.25, 0.3) is 5.91 Å². The van der Waals surface area contributed by atoms with Gasteiger partial charge in [0.05, 0.1) is 30.2 Å². The van der Waals surface area contributed by atoms with Gasteiger partial charge in [-0.3, -0.25) is 9.59 Å². The first-order valence-corrected chi connectivity index (χ1v) is 11.0. The van der Waals surface area contributed by atoms with Crippen LogP contribution in [0.2, 0.25) is 0 Å². The van der Waals surface area contributed by atoms with E-state index in [0.29, 0.717) is 41.9 Å². The molecular formula is C26H29NO5. The first-order chi connectivity index (χ1) is 15.3. The van der Waals surface area contributed by atoms with Crippen LogP contribution in [0.3, 0.4) is 0 Å². The number of methoxy groups -OCH3 is 1. The largest absolute Gasteiger partial charge is 0.497 e. The Bertz CT molecular complexity index is 1230. The van der Waals surface area contributed by atoms with Gasteiger partial charge in [0, 0.05) is 13.2 Å². The molecule has 1 aliphatic heterocycles. The number of carbonyl (C=O) groups is 1. The molecule has 0 bridgehead atoms. The van der Waals surface area contributed by atoms with Crippen LogP contribution in [-0.4, -0.2) is 37.2 Å². The number of amides is 1. The lowest BCUT2D eigenvalue weighted by molar-refractivity contribution is 0.0593. The highest BCUT2D eigenvalue weighted by Crippen LogP contribution is 2.39. The molecule has 3 aromatic rings. The molecule has 0 aliphatic carbocycles. The second-order valence-corrected chi connectivity index (χ2v) is 8.58. The first-order valence-electron chi connectivity index (χ1n) is 11.0. The summed E-state index contributed by atoms with van der Waals surface area (Å²) in [6, 6.07) is 10.7. The minimum atomic E-state index is -0.534. The SMILES string of the molecule is COc1cccc([C@@H]2c3c(oc4cc(C)cc(C)c4c3=O)C(=O)N2CCCOC(C)C)c1. The molecule has 1 aromatic heterocycles. The van der Waals surface area contributed by atoms with Gasteiger partial charge in [0.1, 0.15) is 11.3 Å². The van der Waals surface area contributed by atoms with Gasteiger partial charge >= 0.3 is 0 Å². The fraction of sp³-hybridized carbons (Fsp3) is 0.385. The van der Waals surface area contributed by atoms with Crippen LogP contribution in [0.4, 0.5) is 0 Å². The van der Waals surface area contributed by atoms with Crippen LogP contribution < -0.4 is 10.2 Å². The molecule has 0 spiro atoms. The number of hydrogen-bond donors (Lipinski definition) is 0. The summed E-state index contributed by atoms with van der Waals surface area (Å²) in [5, 5.41) is 0.528. The van der Waals surface area contributed by atoms with Crippen LogP contribution in [0.15, 0.2) is 45.6 Å². The van der Waals surface area contributed by atoms with Crippen molar-refractivity contribution < 1.29 is 18.7 Å². The summed E-state index contributed by atoms with van der Waals surface area (Å²) in [7, 11) is 1.60. The molecule has 0 fully saturated rings. The average molecular weight is 436 g/mol. The predicted octanol–water partition coefficient (Wildman–Crippen LogP) is 4.78. The summed E-state index contributed by atoms with van der Waals surface area (Å²) < 4.78 is 17.1. The van der Waals surface area contributed by atoms with Gasteiger partial charge < -0.3 is 18.8 Å². The van der Waals surface area contributed by atoms with Crippen molar-refractivity contribution in [3.63, 3.8) is 0 Å². The molecule has 2 aromatic carbocycles. The van der Waals surface area contributed by atoms with E-state index in [1.165, 1.54) is 0 Å². The van der Waals surface area contributed by atoms with Crippen molar-refractivity contribution in [1.82, 2.24) is 4.90 Å². The van der Waals surface area contributed by atoms with Gasteiger partial charge in [-0.2, -0.15) is 0 Å². The maximum Gasteiger partial charge on any atom is 0.290 e. The fourth-order valence-electron chi connectivity index (χ4n) is 4.46. The van der Waals surface area contributed by atoms with E-state index in [4.69, 9.17) is 13.9 Å². The number of fused-ring (bicyclic) bond motifs is 2. The Balaban J connectivity index is 1.86. The molecule has 0 unspecified atom stereocenters. The Hall–Kier alpha value is -3.12. The second kappa shape index (κ2) is 8.79. The molecule has 1 atom stereocenters. The summed E-state index contributed by atoms with van der Waals surface area (Å²) in [5.41, 5.74) is 3.34. The number of hydrogen-bond acceptors (Lipinski definition) is 5. The number of benzene rings is 2. The molecular weight excluding hydrogens is 406 g/mol. The summed E-state index contributed by atoms with van der Waals surface area (Å²) in [6.45, 7) is 8.79. The van der Waals surface area contributed by atoms with Crippen molar-refractivity contribution in [1.29, 1.82) is 0 Å². The van der Waals surface area contributed by atoms with Gasteiger partial charge in [-0.05, 0) is 69.0 Å². The van der Waals surface area contributed by atoms with Crippen molar-refractivity contribution in [3.05, 3.63) is 74.6 Å². The molecule has 2 heterocycles. The maximum atomic E-state index is 13.7. The smallest absolute Gasteiger partial charge is 0.290 e. The Morgan fingerprint density at radius 1 is 1.12 bits per heavy atom. The Labute approximate surface area is 187 Å². The third kappa shape index (κ3) is 3.91. The summed E-state index contributed by atoms with van der Waals surface area (Å²) in [4.78, 5) is 28.9. The topological polar surface area (TPSA) is 69.0 Å². The maximum absolute atomic E-state index is 13.7. The minimum Gasteiger partial charge on any atom is -0.497 e. The van der Waals surface area contributed by atoms with Gasteiger partial charge in [-0.1, -0.05) is 18.2 Å². The van der Waals surface area contributed by atoms with E-state index in [1.807, 2.05) is 64.1 Å². The lowest BCUT2D eigenvalue weighted by atomic mass is 9.96. The van der Waals surface area contributed by atoms with Gasteiger partial charge in [0.15, 0.2) is 5.43 Å². The summed E-state index contributed by atoms with van der Waals surface area (Å²) in [5.74, 6) is 0.532. The highest BCUT2D eigenvalue weighted by molar-refractivity contribution is 5.99. The molecule has 4 rings (SSSR count). The fourth-order valence-corrected chi connectivity index (χ4v) is 4.46. The van der Waals surface area contributed by atoms with Crippen molar-refractivity contribution in [2.75, 3.05) is 20.3 Å². The zero-order chi connectivity index (χ0) is 23.0. The molecule has 0 saturated heterocycles. The number of ether oxygens (including phenoxy) is 2. The van der Waals surface area contributed by atoms with Gasteiger partial charge in [0.2, 0.25) is 5.76 Å². The van der Waals surface area contributed by atoms with Gasteiger partial charge in [-0.25, -0.2) is 0 Å². The minimum absolute atomic E-state index is 0.121. The molecule has 1 aliphatic rings. The van der Waals surface area contributed by atoms with Gasteiger partial charge in [-0.15, -0.1) is 0 Å². The predicted molar refractivity (Wildman–Crippen MR) is 124 cm³/mol. The normalized spacial score (nSPS) is 15.6. The Kier molecular flexibility index (Phi) is 6.07. The van der Waals surface area contributed by atoms with Crippen molar-refractivity contribution in [2.45, 2.75) is 46.3 Å². The molecule has 6 heteroatoms. The molecule has 0 saturated carbocycles. The van der Waals surface area contributed by atoms with Crippen LogP contribution in [0.1, 0.15) is 59.1 Å². The monoisotopic (exact) mass is 435 g/mol. The summed E-state index contributed by atoms with van der Waals surface area (Å²) in [6.07, 6.45) is 0.778. The van der Waals surface area contributed by atoms with Crippen molar-refractivity contribution >= 4 is 16.9 Å². The molecule has 168 valence electrons. The number of carbonyl (C=O) groups excluding carboxylic acids is 1. The van der Waals surface area contributed by atoms with E-state index in [9.17, 15) is 9.59 Å². The zero-order valence-corrected chi connectivity index (χ0v) is 19.2. The van der Waals surface area contributed by atoms with E-state index < -0.39 is 6.04 Å². The zero-order valence-electron chi connectivity index (χ0n) is 19.2. The van der Waals surface area contributed by atoms with Crippen molar-refractivity contribution in [2.24, 2.45) is 0 Å². The third-order valence-corrected chi connectivity index (χ3v) is 5.82. The van der Waals surface area contributed by atoms with Crippen LogP contribution >= 0.6 is 0 Å². The van der Waals surface area contributed by atoms with E-state index in [2.05, 4.69) is 0 Å². The molecule has 6 nitrogen and oxygen atoms in total. The number of rotatable bonds is 7. The van der Waals surface area contributed by atoms with Crippen molar-refractivity contribution in [3.8, 4) is 5.75 Å². The quantitative estimate of drug-likeness (QED) is 0.500. The van der Waals surface area contributed by atoms with Crippen LogP contribution in [0.5, 0.6) is 5.75 Å². The summed E-state index contributed by atoms with van der Waals surface area (Å²) >= 11 is 0. The van der Waals surface area contributed by atoms with E-state index >= 15 is 0 Å². The standard InChI is InChI=1S/C26H29NO5/c1-15(2)31-11-7-10-27-23(18-8-6-9-19(14-18)30-5)22-24(28)21-17(4)12-16(3)13-20(21)32-25(22)26(27)29/h6,8-9,12-15,23H,7,10-11H2,1-5H3/t23-/m1/s1. The van der Waals surface area contributed by atoms with E-state index in [1.54, 1.807) is 12.0 Å². The van der Waals surface area contributed by atoms with Crippen LogP contribution in [0, 0.1) is 13.8 Å². The third-order valence-electron chi connectivity index (χ3n) is 5.82. The van der Waals surface area contributed by atoms with Crippen LogP contribution in [-0.2, 0) is 4.74 Å². The Morgan fingerprint density at radius 3 is 2.62 bits per heavy atom. The number of nitrogens with zero attached hydrogens (tertiary/aromatic N) is 1. The lowest BCUT2D eigenvalue weighted by Gasteiger charge is -2.25. The van der Waals surface area contributed by atoms with E-state index in [0.717, 1.165) is 16.7 Å². The Morgan fingerprint density at radius 2 is 1.91 bits per heavy atom. The molecule has 1 amide bonds. The highest BCUT2D eigenvalue weighted by atomic mass is 16.5. The van der Waals surface area contributed by atoms with E-state index in [-0.39, 0.29) is 23.2 Å². The molecule has 0 N–H and O–H groups in total. The highest BCUT2D eigenvalue weighted by Gasteiger charge is 2.42.